The van der Waals surface area contributed by atoms with Crippen LogP contribution in [0.15, 0.2) is 18.5 Å². The van der Waals surface area contributed by atoms with E-state index in [1.807, 2.05) is 18.5 Å². The molecule has 2 aromatic rings. The van der Waals surface area contributed by atoms with Crippen LogP contribution in [0.4, 0.5) is 0 Å². The molecule has 0 spiro atoms. The quantitative estimate of drug-likeness (QED) is 0.846. The Bertz CT molecular complexity index is 499. The molecule has 0 bridgehead atoms. The van der Waals surface area contributed by atoms with Gasteiger partial charge in [-0.05, 0) is 25.8 Å². The summed E-state index contributed by atoms with van der Waals surface area (Å²) >= 11 is 0. The van der Waals surface area contributed by atoms with E-state index in [2.05, 4.69) is 26.8 Å². The summed E-state index contributed by atoms with van der Waals surface area (Å²) in [6.07, 6.45) is 6.29. The Labute approximate surface area is 94.7 Å². The molecule has 0 saturated heterocycles. The summed E-state index contributed by atoms with van der Waals surface area (Å²) in [5.41, 5.74) is 2.18. The second kappa shape index (κ2) is 3.87. The normalized spacial score (nSPS) is 15.8. The molecule has 0 aliphatic heterocycles. The van der Waals surface area contributed by atoms with Crippen molar-refractivity contribution in [3.63, 3.8) is 0 Å². The number of pyridine rings is 1. The van der Waals surface area contributed by atoms with E-state index < -0.39 is 0 Å². The maximum atomic E-state index is 4.62. The van der Waals surface area contributed by atoms with E-state index in [-0.39, 0.29) is 0 Å². The molecule has 1 saturated carbocycles. The summed E-state index contributed by atoms with van der Waals surface area (Å²) < 4.78 is 2.26. The minimum absolute atomic E-state index is 0.725. The molecule has 1 N–H and O–H groups in total. The minimum Gasteiger partial charge on any atom is -0.327 e. The first-order valence-corrected chi connectivity index (χ1v) is 5.91. The van der Waals surface area contributed by atoms with Gasteiger partial charge in [-0.2, -0.15) is 0 Å². The summed E-state index contributed by atoms with van der Waals surface area (Å²) in [6.45, 7) is 3.98. The van der Waals surface area contributed by atoms with Crippen LogP contribution < -0.4 is 5.32 Å². The van der Waals surface area contributed by atoms with Crippen LogP contribution in [0, 0.1) is 0 Å². The number of imidazole rings is 1. The molecule has 1 aliphatic rings. The third-order valence-electron chi connectivity index (χ3n) is 3.07. The molecule has 0 atom stereocenters. The zero-order valence-electron chi connectivity index (χ0n) is 9.48. The second-order valence-corrected chi connectivity index (χ2v) is 4.29. The minimum atomic E-state index is 0.725. The van der Waals surface area contributed by atoms with E-state index in [4.69, 9.17) is 0 Å². The molecule has 1 aliphatic carbocycles. The van der Waals surface area contributed by atoms with E-state index in [9.17, 15) is 0 Å². The Kier molecular flexibility index (Phi) is 2.36. The fourth-order valence-electron chi connectivity index (χ4n) is 2.04. The fourth-order valence-corrected chi connectivity index (χ4v) is 2.04. The number of nitrogens with one attached hydrogen (secondary N) is 1. The molecule has 2 heterocycles. The van der Waals surface area contributed by atoms with Gasteiger partial charge < -0.3 is 9.88 Å². The van der Waals surface area contributed by atoms with Gasteiger partial charge in [0.1, 0.15) is 11.3 Å². The standard InChI is InChI=1S/C12H16N4/c1-2-16-11-5-6-13-7-10(11)15-12(16)8-14-9-3-4-9/h5-7,9,14H,2-4,8H2,1H3. The van der Waals surface area contributed by atoms with Crippen molar-refractivity contribution in [1.29, 1.82) is 0 Å². The first kappa shape index (κ1) is 9.78. The van der Waals surface area contributed by atoms with E-state index in [1.54, 1.807) is 0 Å². The predicted octanol–water partition coefficient (Wildman–Crippen LogP) is 1.70. The van der Waals surface area contributed by atoms with Gasteiger partial charge in [0, 0.05) is 18.8 Å². The lowest BCUT2D eigenvalue weighted by molar-refractivity contribution is 0.618. The molecule has 16 heavy (non-hydrogen) atoms. The second-order valence-electron chi connectivity index (χ2n) is 4.29. The SMILES string of the molecule is CCn1c(CNC2CC2)nc2cnccc21. The van der Waals surface area contributed by atoms with Crippen LogP contribution in [0.1, 0.15) is 25.6 Å². The smallest absolute Gasteiger partial charge is 0.123 e. The van der Waals surface area contributed by atoms with Crippen LogP contribution in [-0.2, 0) is 13.1 Å². The van der Waals surface area contributed by atoms with Crippen LogP contribution in [0.5, 0.6) is 0 Å². The number of rotatable bonds is 4. The van der Waals surface area contributed by atoms with Crippen LogP contribution in [0.25, 0.3) is 11.0 Å². The van der Waals surface area contributed by atoms with Crippen molar-refractivity contribution >= 4 is 11.0 Å². The number of aryl methyl sites for hydroxylation is 1. The van der Waals surface area contributed by atoms with Gasteiger partial charge in [-0.3, -0.25) is 4.98 Å². The highest BCUT2D eigenvalue weighted by molar-refractivity contribution is 5.74. The van der Waals surface area contributed by atoms with Gasteiger partial charge in [-0.15, -0.1) is 0 Å². The number of fused-ring (bicyclic) bond motifs is 1. The van der Waals surface area contributed by atoms with Crippen molar-refractivity contribution in [3.05, 3.63) is 24.3 Å². The number of aromatic nitrogens is 3. The average Bonchev–Trinajstić information content (AvgIpc) is 3.07. The van der Waals surface area contributed by atoms with Crippen LogP contribution >= 0.6 is 0 Å². The van der Waals surface area contributed by atoms with Crippen molar-refractivity contribution in [3.8, 4) is 0 Å². The van der Waals surface area contributed by atoms with Crippen molar-refractivity contribution in [2.75, 3.05) is 0 Å². The number of hydrogen-bond donors (Lipinski definition) is 1. The van der Waals surface area contributed by atoms with Gasteiger partial charge >= 0.3 is 0 Å². The molecule has 4 heteroatoms. The van der Waals surface area contributed by atoms with Crippen LogP contribution in [0.3, 0.4) is 0 Å². The van der Waals surface area contributed by atoms with Crippen molar-refractivity contribution in [2.45, 2.75) is 38.9 Å². The third-order valence-corrected chi connectivity index (χ3v) is 3.07. The topological polar surface area (TPSA) is 42.7 Å². The molecular weight excluding hydrogens is 200 g/mol. The third kappa shape index (κ3) is 1.69. The molecule has 0 unspecified atom stereocenters. The zero-order chi connectivity index (χ0) is 11.0. The van der Waals surface area contributed by atoms with Gasteiger partial charge in [0.25, 0.3) is 0 Å². The van der Waals surface area contributed by atoms with E-state index >= 15 is 0 Å². The lowest BCUT2D eigenvalue weighted by atomic mass is 10.4. The summed E-state index contributed by atoms with van der Waals surface area (Å²) in [7, 11) is 0. The first-order chi connectivity index (χ1) is 7.88. The van der Waals surface area contributed by atoms with Gasteiger partial charge in [0.2, 0.25) is 0 Å². The molecule has 0 aromatic carbocycles. The van der Waals surface area contributed by atoms with E-state index in [0.717, 1.165) is 30.5 Å². The summed E-state index contributed by atoms with van der Waals surface area (Å²) in [5, 5.41) is 3.50. The van der Waals surface area contributed by atoms with Crippen molar-refractivity contribution in [1.82, 2.24) is 19.9 Å². The van der Waals surface area contributed by atoms with E-state index in [0.29, 0.717) is 0 Å². The zero-order valence-corrected chi connectivity index (χ0v) is 9.48. The molecule has 1 fully saturated rings. The maximum absolute atomic E-state index is 4.62. The van der Waals surface area contributed by atoms with Gasteiger partial charge in [0.15, 0.2) is 0 Å². The van der Waals surface area contributed by atoms with Gasteiger partial charge in [0.05, 0.1) is 18.3 Å². The summed E-state index contributed by atoms with van der Waals surface area (Å²) in [4.78, 5) is 8.73. The Morgan fingerprint density at radius 1 is 1.50 bits per heavy atom. The average molecular weight is 216 g/mol. The first-order valence-electron chi connectivity index (χ1n) is 5.91. The maximum Gasteiger partial charge on any atom is 0.123 e. The highest BCUT2D eigenvalue weighted by Crippen LogP contribution is 2.20. The predicted molar refractivity (Wildman–Crippen MR) is 63.1 cm³/mol. The van der Waals surface area contributed by atoms with E-state index in [1.165, 1.54) is 18.4 Å². The number of hydrogen-bond acceptors (Lipinski definition) is 3. The molecular formula is C12H16N4. The Balaban J connectivity index is 1.94. The summed E-state index contributed by atoms with van der Waals surface area (Å²) in [6, 6.07) is 2.76. The highest BCUT2D eigenvalue weighted by Gasteiger charge is 2.21. The molecule has 4 nitrogen and oxygen atoms in total. The molecule has 84 valence electrons. The number of nitrogens with zero attached hydrogens (tertiary/aromatic N) is 3. The molecule has 0 radical (unpaired) electrons. The van der Waals surface area contributed by atoms with Crippen LogP contribution in [0.2, 0.25) is 0 Å². The summed E-state index contributed by atoms with van der Waals surface area (Å²) in [5.74, 6) is 1.12. The molecule has 2 aromatic heterocycles. The lowest BCUT2D eigenvalue weighted by Gasteiger charge is -2.06. The highest BCUT2D eigenvalue weighted by atomic mass is 15.1. The Hall–Kier alpha value is -1.42. The Morgan fingerprint density at radius 3 is 3.12 bits per heavy atom. The van der Waals surface area contributed by atoms with Gasteiger partial charge in [-0.1, -0.05) is 0 Å². The molecule has 0 amide bonds. The fraction of sp³-hybridized carbons (Fsp3) is 0.500. The molecule has 3 rings (SSSR count). The lowest BCUT2D eigenvalue weighted by Crippen LogP contribution is -2.18. The van der Waals surface area contributed by atoms with Crippen LogP contribution in [-0.4, -0.2) is 20.6 Å². The monoisotopic (exact) mass is 216 g/mol. The van der Waals surface area contributed by atoms with Crippen molar-refractivity contribution in [2.24, 2.45) is 0 Å². The Morgan fingerprint density at radius 2 is 2.38 bits per heavy atom. The largest absolute Gasteiger partial charge is 0.327 e. The van der Waals surface area contributed by atoms with Gasteiger partial charge in [-0.25, -0.2) is 4.98 Å². The van der Waals surface area contributed by atoms with Crippen molar-refractivity contribution < 1.29 is 0 Å².